The van der Waals surface area contributed by atoms with Gasteiger partial charge in [-0.05, 0) is 56.9 Å². The van der Waals surface area contributed by atoms with Crippen LogP contribution in [-0.4, -0.2) is 52.9 Å². The van der Waals surface area contributed by atoms with E-state index in [0.29, 0.717) is 27.8 Å². The highest BCUT2D eigenvalue weighted by Gasteiger charge is 2.22. The number of likely N-dealkylation sites (N-methyl/N-ethyl adjacent to an activating group) is 1. The van der Waals surface area contributed by atoms with Gasteiger partial charge in [0.2, 0.25) is 0 Å². The zero-order valence-corrected chi connectivity index (χ0v) is 19.2. The number of benzene rings is 2. The van der Waals surface area contributed by atoms with Crippen LogP contribution in [0.1, 0.15) is 15.9 Å². The van der Waals surface area contributed by atoms with Crippen molar-refractivity contribution >= 4 is 67.6 Å². The summed E-state index contributed by atoms with van der Waals surface area (Å²) >= 11 is 7.75. The molecule has 2 aromatic heterocycles. The van der Waals surface area contributed by atoms with Crippen molar-refractivity contribution in [3.63, 3.8) is 0 Å². The molecule has 1 amide bonds. The number of carbonyl (C=O) groups is 1. The van der Waals surface area contributed by atoms with Crippen molar-refractivity contribution in [1.82, 2.24) is 19.9 Å². The fraction of sp³-hybridized carbons (Fsp3) is 0.238. The summed E-state index contributed by atoms with van der Waals surface area (Å²) in [5.41, 5.74) is 3.77. The predicted molar refractivity (Wildman–Crippen MR) is 126 cm³/mol. The molecule has 30 heavy (non-hydrogen) atoms. The first-order valence-corrected chi connectivity index (χ1v) is 10.4. The lowest BCUT2D eigenvalue weighted by atomic mass is 10.1. The summed E-state index contributed by atoms with van der Waals surface area (Å²) in [7, 11) is 3.97. The van der Waals surface area contributed by atoms with E-state index in [0.717, 1.165) is 27.8 Å². The van der Waals surface area contributed by atoms with E-state index in [1.54, 1.807) is 29.4 Å². The van der Waals surface area contributed by atoms with Gasteiger partial charge < -0.3 is 4.90 Å². The second-order valence-corrected chi connectivity index (χ2v) is 8.45. The Morgan fingerprint density at radius 3 is 2.53 bits per heavy atom. The van der Waals surface area contributed by atoms with Gasteiger partial charge in [-0.25, -0.2) is 4.98 Å². The molecular formula is C21H21Cl2N5OS. The second-order valence-electron chi connectivity index (χ2n) is 7.04. The molecule has 9 heteroatoms. The fourth-order valence-corrected chi connectivity index (χ4v) is 4.24. The Hall–Kier alpha value is -2.32. The number of anilines is 1. The third kappa shape index (κ3) is 4.39. The standard InChI is InChI=1S/C21H20ClN5OS.ClH/c1-13-15(22)5-7-18-19(13)25-21(29-18)27(11-10-26(2)3)20(28)14-4-6-16-17(12-14)24-9-8-23-16;/h4-9,12H,10-11H2,1-3H3;1H. The molecule has 4 aromatic rings. The average Bonchev–Trinajstić information content (AvgIpc) is 3.15. The summed E-state index contributed by atoms with van der Waals surface area (Å²) < 4.78 is 1.01. The Morgan fingerprint density at radius 2 is 1.80 bits per heavy atom. The molecule has 6 nitrogen and oxygen atoms in total. The van der Waals surface area contributed by atoms with E-state index in [-0.39, 0.29) is 18.3 Å². The van der Waals surface area contributed by atoms with Gasteiger partial charge in [0, 0.05) is 36.1 Å². The minimum absolute atomic E-state index is 0. The van der Waals surface area contributed by atoms with Gasteiger partial charge >= 0.3 is 0 Å². The number of thiazole rings is 1. The highest BCUT2D eigenvalue weighted by molar-refractivity contribution is 7.22. The summed E-state index contributed by atoms with van der Waals surface area (Å²) in [6.45, 7) is 3.19. The Bertz CT molecular complexity index is 1210. The van der Waals surface area contributed by atoms with Crippen LogP contribution < -0.4 is 4.90 Å². The lowest BCUT2D eigenvalue weighted by molar-refractivity contribution is 0.0985. The van der Waals surface area contributed by atoms with Gasteiger partial charge in [0.25, 0.3) is 5.91 Å². The van der Waals surface area contributed by atoms with Gasteiger partial charge in [-0.15, -0.1) is 12.4 Å². The van der Waals surface area contributed by atoms with Gasteiger partial charge in [-0.1, -0.05) is 22.9 Å². The smallest absolute Gasteiger partial charge is 0.260 e. The van der Waals surface area contributed by atoms with E-state index in [1.165, 1.54) is 11.3 Å². The van der Waals surface area contributed by atoms with Gasteiger partial charge in [0.05, 0.1) is 21.3 Å². The molecule has 0 aliphatic carbocycles. The molecule has 0 bridgehead atoms. The van der Waals surface area contributed by atoms with E-state index < -0.39 is 0 Å². The van der Waals surface area contributed by atoms with E-state index in [1.807, 2.05) is 44.1 Å². The van der Waals surface area contributed by atoms with Gasteiger partial charge in [-0.3, -0.25) is 19.7 Å². The Morgan fingerprint density at radius 1 is 1.07 bits per heavy atom. The average molecular weight is 462 g/mol. The minimum Gasteiger partial charge on any atom is -0.308 e. The van der Waals surface area contributed by atoms with Crippen LogP contribution in [0.25, 0.3) is 21.3 Å². The summed E-state index contributed by atoms with van der Waals surface area (Å²) in [6.07, 6.45) is 3.27. The largest absolute Gasteiger partial charge is 0.308 e. The van der Waals surface area contributed by atoms with Crippen molar-refractivity contribution in [1.29, 1.82) is 0 Å². The number of amides is 1. The van der Waals surface area contributed by atoms with Crippen molar-refractivity contribution < 1.29 is 4.79 Å². The van der Waals surface area contributed by atoms with Crippen molar-refractivity contribution in [2.45, 2.75) is 6.92 Å². The number of aryl methyl sites for hydroxylation is 1. The topological polar surface area (TPSA) is 62.2 Å². The van der Waals surface area contributed by atoms with E-state index >= 15 is 0 Å². The number of carbonyl (C=O) groups excluding carboxylic acids is 1. The minimum atomic E-state index is -0.109. The molecular weight excluding hydrogens is 441 g/mol. The number of fused-ring (bicyclic) bond motifs is 2. The van der Waals surface area contributed by atoms with Gasteiger partial charge in [0.1, 0.15) is 0 Å². The van der Waals surface area contributed by atoms with E-state index in [9.17, 15) is 4.79 Å². The number of nitrogens with zero attached hydrogens (tertiary/aromatic N) is 5. The zero-order valence-electron chi connectivity index (χ0n) is 16.8. The third-order valence-corrected chi connectivity index (χ3v) is 6.15. The number of aromatic nitrogens is 3. The molecule has 0 unspecified atom stereocenters. The van der Waals surface area contributed by atoms with Crippen molar-refractivity contribution in [3.05, 3.63) is 58.9 Å². The Balaban J connectivity index is 0.00000256. The molecule has 0 saturated carbocycles. The summed E-state index contributed by atoms with van der Waals surface area (Å²) in [6, 6.07) is 9.21. The molecule has 0 atom stereocenters. The summed E-state index contributed by atoms with van der Waals surface area (Å²) in [4.78, 5) is 30.5. The van der Waals surface area contributed by atoms with Crippen LogP contribution in [-0.2, 0) is 0 Å². The second kappa shape index (κ2) is 9.22. The summed E-state index contributed by atoms with van der Waals surface area (Å²) in [5.74, 6) is -0.109. The molecule has 2 heterocycles. The number of hydrogen-bond acceptors (Lipinski definition) is 6. The molecule has 0 fully saturated rings. The first-order chi connectivity index (χ1) is 13.9. The van der Waals surface area contributed by atoms with Crippen LogP contribution in [0.3, 0.4) is 0 Å². The molecule has 4 rings (SSSR count). The Kier molecular flexibility index (Phi) is 6.88. The first-order valence-electron chi connectivity index (χ1n) is 9.17. The number of hydrogen-bond donors (Lipinski definition) is 0. The number of halogens is 2. The third-order valence-electron chi connectivity index (χ3n) is 4.70. The molecule has 0 aliphatic heterocycles. The van der Waals surface area contributed by atoms with E-state index in [4.69, 9.17) is 16.6 Å². The van der Waals surface area contributed by atoms with Crippen molar-refractivity contribution in [3.8, 4) is 0 Å². The highest BCUT2D eigenvalue weighted by atomic mass is 35.5. The molecule has 2 aromatic carbocycles. The maximum atomic E-state index is 13.4. The molecule has 0 saturated heterocycles. The van der Waals surface area contributed by atoms with Crippen LogP contribution >= 0.6 is 35.3 Å². The van der Waals surface area contributed by atoms with E-state index in [2.05, 4.69) is 9.97 Å². The van der Waals surface area contributed by atoms with Crippen molar-refractivity contribution in [2.24, 2.45) is 0 Å². The van der Waals surface area contributed by atoms with Crippen molar-refractivity contribution in [2.75, 3.05) is 32.1 Å². The van der Waals surface area contributed by atoms with Crippen LogP contribution in [0.2, 0.25) is 5.02 Å². The molecule has 0 radical (unpaired) electrons. The molecule has 0 aliphatic rings. The predicted octanol–water partition coefficient (Wildman–Crippen LogP) is 4.83. The lowest BCUT2D eigenvalue weighted by Crippen LogP contribution is -2.36. The SMILES string of the molecule is Cc1c(Cl)ccc2sc(N(CCN(C)C)C(=O)c3ccc4nccnc4c3)nc12.Cl. The molecule has 156 valence electrons. The van der Waals surface area contributed by atoms with Gasteiger partial charge in [-0.2, -0.15) is 0 Å². The molecule has 0 N–H and O–H groups in total. The maximum absolute atomic E-state index is 13.4. The normalized spacial score (nSPS) is 11.1. The van der Waals surface area contributed by atoms with Gasteiger partial charge in [0.15, 0.2) is 5.13 Å². The van der Waals surface area contributed by atoms with Crippen LogP contribution in [0.5, 0.6) is 0 Å². The quantitative estimate of drug-likeness (QED) is 0.425. The maximum Gasteiger partial charge on any atom is 0.260 e. The highest BCUT2D eigenvalue weighted by Crippen LogP contribution is 2.34. The fourth-order valence-electron chi connectivity index (χ4n) is 3.04. The molecule has 0 spiro atoms. The lowest BCUT2D eigenvalue weighted by Gasteiger charge is -2.22. The zero-order chi connectivity index (χ0) is 20.5. The number of rotatable bonds is 5. The van der Waals surface area contributed by atoms with Crippen LogP contribution in [0.15, 0.2) is 42.7 Å². The summed E-state index contributed by atoms with van der Waals surface area (Å²) in [5, 5.41) is 1.34. The van der Waals surface area contributed by atoms with Crippen LogP contribution in [0.4, 0.5) is 5.13 Å². The Labute approximate surface area is 189 Å². The first kappa shape index (κ1) is 22.4. The monoisotopic (exact) mass is 461 g/mol. The van der Waals surface area contributed by atoms with Crippen LogP contribution in [0, 0.1) is 6.92 Å².